The minimum absolute atomic E-state index is 0.421. The molecule has 0 bridgehead atoms. The molecule has 0 unspecified atom stereocenters. The van der Waals surface area contributed by atoms with Gasteiger partial charge < -0.3 is 4.57 Å². The number of aryl methyl sites for hydroxylation is 1. The van der Waals surface area contributed by atoms with E-state index in [-0.39, 0.29) is 0 Å². The van der Waals surface area contributed by atoms with E-state index in [9.17, 15) is 0 Å². The summed E-state index contributed by atoms with van der Waals surface area (Å²) in [6, 6.07) is 0. The van der Waals surface area contributed by atoms with E-state index in [0.29, 0.717) is 5.41 Å². The van der Waals surface area contributed by atoms with Crippen LogP contribution in [-0.2, 0) is 6.54 Å². The molecule has 0 aliphatic carbocycles. The Balaban J connectivity index is 2.35. The van der Waals surface area contributed by atoms with Crippen molar-refractivity contribution < 1.29 is 0 Å². The Morgan fingerprint density at radius 3 is 2.55 bits per heavy atom. The van der Waals surface area contributed by atoms with Crippen molar-refractivity contribution in [3.63, 3.8) is 0 Å². The van der Waals surface area contributed by atoms with Crippen LogP contribution >= 0.6 is 0 Å². The van der Waals surface area contributed by atoms with E-state index in [4.69, 9.17) is 0 Å². The van der Waals surface area contributed by atoms with E-state index in [1.165, 1.54) is 6.42 Å². The number of hydrogen-bond donors (Lipinski definition) is 0. The van der Waals surface area contributed by atoms with Gasteiger partial charge in [-0.15, -0.1) is 0 Å². The molecule has 1 heterocycles. The van der Waals surface area contributed by atoms with Crippen LogP contribution in [0.25, 0.3) is 0 Å². The number of imidazole rings is 1. The molecule has 11 heavy (non-hydrogen) atoms. The highest BCUT2D eigenvalue weighted by Crippen LogP contribution is 2.18. The van der Waals surface area contributed by atoms with Crippen molar-refractivity contribution in [1.29, 1.82) is 0 Å². The van der Waals surface area contributed by atoms with Crippen molar-refractivity contribution in [2.45, 2.75) is 33.7 Å². The van der Waals surface area contributed by atoms with Gasteiger partial charge in [-0.2, -0.15) is 0 Å². The second-order valence-corrected chi connectivity index (χ2v) is 4.11. The van der Waals surface area contributed by atoms with E-state index in [0.717, 1.165) is 6.54 Å². The summed E-state index contributed by atoms with van der Waals surface area (Å²) in [6.07, 6.45) is 6.89. The van der Waals surface area contributed by atoms with E-state index < -0.39 is 0 Å². The summed E-state index contributed by atoms with van der Waals surface area (Å²) in [5.74, 6) is 0. The smallest absolute Gasteiger partial charge is 0.0945 e. The Morgan fingerprint density at radius 2 is 2.09 bits per heavy atom. The number of aromatic nitrogens is 2. The van der Waals surface area contributed by atoms with Crippen LogP contribution in [0.5, 0.6) is 0 Å². The maximum atomic E-state index is 3.99. The molecule has 0 aliphatic heterocycles. The average molecular weight is 152 g/mol. The van der Waals surface area contributed by atoms with Crippen molar-refractivity contribution in [3.8, 4) is 0 Å². The van der Waals surface area contributed by atoms with Crippen molar-refractivity contribution in [1.82, 2.24) is 9.55 Å². The molecule has 0 aliphatic rings. The van der Waals surface area contributed by atoms with Gasteiger partial charge >= 0.3 is 0 Å². The zero-order valence-electron chi connectivity index (χ0n) is 7.54. The second-order valence-electron chi connectivity index (χ2n) is 4.11. The number of rotatable bonds is 2. The normalized spacial score (nSPS) is 11.9. The molecule has 0 saturated carbocycles. The van der Waals surface area contributed by atoms with Crippen LogP contribution in [0.4, 0.5) is 0 Å². The molecule has 0 fully saturated rings. The molecule has 0 amide bonds. The summed E-state index contributed by atoms with van der Waals surface area (Å²) in [4.78, 5) is 3.99. The first-order valence-electron chi connectivity index (χ1n) is 4.04. The van der Waals surface area contributed by atoms with Crippen LogP contribution in [0.1, 0.15) is 27.2 Å². The van der Waals surface area contributed by atoms with Gasteiger partial charge in [-0.3, -0.25) is 0 Å². The van der Waals surface area contributed by atoms with E-state index in [1.807, 2.05) is 18.7 Å². The molecular formula is C9H16N2. The molecule has 0 atom stereocenters. The monoisotopic (exact) mass is 152 g/mol. The molecular weight excluding hydrogens is 136 g/mol. The third-order valence-electron chi connectivity index (χ3n) is 1.68. The first-order chi connectivity index (χ1) is 5.08. The zero-order chi connectivity index (χ0) is 8.32. The Morgan fingerprint density at radius 1 is 1.36 bits per heavy atom. The Hall–Kier alpha value is -0.790. The van der Waals surface area contributed by atoms with Gasteiger partial charge in [0.05, 0.1) is 6.33 Å². The minimum Gasteiger partial charge on any atom is -0.337 e. The molecule has 0 saturated heterocycles. The van der Waals surface area contributed by atoms with Gasteiger partial charge in [0.1, 0.15) is 0 Å². The lowest BCUT2D eigenvalue weighted by Gasteiger charge is -2.17. The fourth-order valence-corrected chi connectivity index (χ4v) is 0.884. The Labute approximate surface area is 68.3 Å². The molecule has 0 radical (unpaired) electrons. The molecule has 62 valence electrons. The quantitative estimate of drug-likeness (QED) is 0.636. The topological polar surface area (TPSA) is 17.8 Å². The van der Waals surface area contributed by atoms with Crippen LogP contribution in [0.15, 0.2) is 18.7 Å². The highest BCUT2D eigenvalue weighted by molar-refractivity contribution is 4.75. The van der Waals surface area contributed by atoms with Gasteiger partial charge in [0.2, 0.25) is 0 Å². The van der Waals surface area contributed by atoms with Crippen molar-refractivity contribution in [3.05, 3.63) is 18.7 Å². The summed E-state index contributed by atoms with van der Waals surface area (Å²) in [6.45, 7) is 7.83. The van der Waals surface area contributed by atoms with Gasteiger partial charge in [-0.05, 0) is 11.8 Å². The number of nitrogens with zero attached hydrogens (tertiary/aromatic N) is 2. The maximum absolute atomic E-state index is 3.99. The first-order valence-corrected chi connectivity index (χ1v) is 4.04. The van der Waals surface area contributed by atoms with Gasteiger partial charge in [-0.25, -0.2) is 4.98 Å². The van der Waals surface area contributed by atoms with Crippen LogP contribution < -0.4 is 0 Å². The van der Waals surface area contributed by atoms with E-state index in [1.54, 1.807) is 0 Å². The van der Waals surface area contributed by atoms with Crippen molar-refractivity contribution in [2.75, 3.05) is 0 Å². The van der Waals surface area contributed by atoms with Crippen molar-refractivity contribution in [2.24, 2.45) is 5.41 Å². The third-order valence-corrected chi connectivity index (χ3v) is 1.68. The Kier molecular flexibility index (Phi) is 2.32. The average Bonchev–Trinajstić information content (AvgIpc) is 2.32. The van der Waals surface area contributed by atoms with Crippen LogP contribution in [-0.4, -0.2) is 9.55 Å². The largest absolute Gasteiger partial charge is 0.337 e. The minimum atomic E-state index is 0.421. The van der Waals surface area contributed by atoms with E-state index in [2.05, 4.69) is 30.3 Å². The lowest BCUT2D eigenvalue weighted by molar-refractivity contribution is 0.350. The van der Waals surface area contributed by atoms with Gasteiger partial charge in [0, 0.05) is 18.9 Å². The number of hydrogen-bond acceptors (Lipinski definition) is 1. The molecule has 0 N–H and O–H groups in total. The SMILES string of the molecule is CC(C)(C)CCn1ccnc1. The van der Waals surface area contributed by atoms with Crippen molar-refractivity contribution >= 4 is 0 Å². The summed E-state index contributed by atoms with van der Waals surface area (Å²) < 4.78 is 2.12. The van der Waals surface area contributed by atoms with E-state index >= 15 is 0 Å². The highest BCUT2D eigenvalue weighted by Gasteiger charge is 2.08. The summed E-state index contributed by atoms with van der Waals surface area (Å²) in [5, 5.41) is 0. The fraction of sp³-hybridized carbons (Fsp3) is 0.667. The van der Waals surface area contributed by atoms with Gasteiger partial charge in [-0.1, -0.05) is 20.8 Å². The summed E-state index contributed by atoms with van der Waals surface area (Å²) >= 11 is 0. The summed E-state index contributed by atoms with van der Waals surface area (Å²) in [5.41, 5.74) is 0.421. The molecule has 2 nitrogen and oxygen atoms in total. The first kappa shape index (κ1) is 8.31. The van der Waals surface area contributed by atoms with Gasteiger partial charge in [0.15, 0.2) is 0 Å². The third kappa shape index (κ3) is 3.21. The van der Waals surface area contributed by atoms with Crippen LogP contribution in [0, 0.1) is 5.41 Å². The standard InChI is InChI=1S/C9H16N2/c1-9(2,3)4-6-11-7-5-10-8-11/h5,7-8H,4,6H2,1-3H3. The van der Waals surface area contributed by atoms with Gasteiger partial charge in [0.25, 0.3) is 0 Å². The molecule has 2 heteroatoms. The highest BCUT2D eigenvalue weighted by atomic mass is 15.0. The Bertz CT molecular complexity index is 194. The molecule has 0 aromatic carbocycles. The predicted octanol–water partition coefficient (Wildman–Crippen LogP) is 2.32. The lowest BCUT2D eigenvalue weighted by Crippen LogP contribution is -2.09. The molecule has 1 aromatic heterocycles. The zero-order valence-corrected chi connectivity index (χ0v) is 7.54. The molecule has 0 spiro atoms. The fourth-order valence-electron chi connectivity index (χ4n) is 0.884. The molecule has 1 rings (SSSR count). The maximum Gasteiger partial charge on any atom is 0.0945 e. The van der Waals surface area contributed by atoms with Crippen LogP contribution in [0.3, 0.4) is 0 Å². The summed E-state index contributed by atoms with van der Waals surface area (Å²) in [7, 11) is 0. The lowest BCUT2D eigenvalue weighted by atomic mass is 9.92. The predicted molar refractivity (Wildman–Crippen MR) is 46.3 cm³/mol. The van der Waals surface area contributed by atoms with Crippen LogP contribution in [0.2, 0.25) is 0 Å². The second kappa shape index (κ2) is 3.07. The molecule has 1 aromatic rings.